The lowest BCUT2D eigenvalue weighted by Gasteiger charge is -2.04. The van der Waals surface area contributed by atoms with Crippen molar-refractivity contribution in [1.82, 2.24) is 5.32 Å². The summed E-state index contributed by atoms with van der Waals surface area (Å²) in [4.78, 5) is 21.6. The van der Waals surface area contributed by atoms with E-state index in [1.165, 1.54) is 38.5 Å². The molecule has 1 amide bonds. The Kier molecular flexibility index (Phi) is 15.3. The van der Waals surface area contributed by atoms with E-state index >= 15 is 0 Å². The van der Waals surface area contributed by atoms with E-state index in [4.69, 9.17) is 9.66 Å². The molecule has 0 radical (unpaired) electrons. The molecule has 0 unspecified atom stereocenters. The molecule has 26 heavy (non-hydrogen) atoms. The molecular weight excluding hydrogens is 358 g/mol. The SMILES string of the molecule is O=C(O)CNC(=O)CCCCCCCCCCCCCCCS(=O)(=O)O. The third kappa shape index (κ3) is 20.9. The highest BCUT2D eigenvalue weighted by atomic mass is 32.2. The van der Waals surface area contributed by atoms with Crippen LogP contribution in [0.15, 0.2) is 0 Å². The zero-order valence-electron chi connectivity index (χ0n) is 15.7. The molecule has 0 aromatic rings. The summed E-state index contributed by atoms with van der Waals surface area (Å²) in [6, 6.07) is 0. The normalized spacial score (nSPS) is 11.4. The zero-order chi connectivity index (χ0) is 19.7. The number of carbonyl (C=O) groups excluding carboxylic acids is 1. The molecule has 0 aromatic heterocycles. The topological polar surface area (TPSA) is 121 Å². The zero-order valence-corrected chi connectivity index (χ0v) is 16.6. The first kappa shape index (κ1) is 24.8. The van der Waals surface area contributed by atoms with Crippen molar-refractivity contribution < 1.29 is 27.7 Å². The van der Waals surface area contributed by atoms with Gasteiger partial charge in [0, 0.05) is 6.42 Å². The molecule has 0 bridgehead atoms. The first-order valence-corrected chi connectivity index (χ1v) is 11.4. The van der Waals surface area contributed by atoms with E-state index in [2.05, 4.69) is 5.32 Å². The van der Waals surface area contributed by atoms with Crippen LogP contribution < -0.4 is 5.32 Å². The highest BCUT2D eigenvalue weighted by Gasteiger charge is 2.04. The maximum Gasteiger partial charge on any atom is 0.322 e. The molecule has 0 spiro atoms. The minimum absolute atomic E-state index is 0.125. The van der Waals surface area contributed by atoms with Gasteiger partial charge in [-0.1, -0.05) is 70.6 Å². The number of carbonyl (C=O) groups is 2. The van der Waals surface area contributed by atoms with Crippen LogP contribution in [-0.2, 0) is 19.7 Å². The number of amides is 1. The number of carboxylic acids is 1. The summed E-state index contributed by atoms with van der Waals surface area (Å²) >= 11 is 0. The summed E-state index contributed by atoms with van der Waals surface area (Å²) in [6.45, 7) is -0.302. The second-order valence-corrected chi connectivity index (χ2v) is 8.37. The number of nitrogens with one attached hydrogen (secondary N) is 1. The van der Waals surface area contributed by atoms with Crippen molar-refractivity contribution >= 4 is 22.0 Å². The van der Waals surface area contributed by atoms with Crippen molar-refractivity contribution in [2.45, 2.75) is 89.9 Å². The number of carboxylic acid groups (broad SMARTS) is 1. The molecule has 8 heteroatoms. The summed E-state index contributed by atoms with van der Waals surface area (Å²) in [6.07, 6.45) is 14.1. The Morgan fingerprint density at radius 1 is 0.692 bits per heavy atom. The molecule has 0 saturated carbocycles. The number of unbranched alkanes of at least 4 members (excludes halogenated alkanes) is 12. The van der Waals surface area contributed by atoms with Crippen molar-refractivity contribution in [3.8, 4) is 0 Å². The second kappa shape index (κ2) is 16.1. The fraction of sp³-hybridized carbons (Fsp3) is 0.889. The first-order valence-electron chi connectivity index (χ1n) is 9.75. The lowest BCUT2D eigenvalue weighted by Crippen LogP contribution is -2.28. The summed E-state index contributed by atoms with van der Waals surface area (Å²) in [5.41, 5.74) is 0. The molecule has 0 rings (SSSR count). The lowest BCUT2D eigenvalue weighted by atomic mass is 10.0. The standard InChI is InChI=1S/C18H35NO6S/c20-17(19-16-18(21)22)14-12-10-8-6-4-2-1-3-5-7-9-11-13-15-26(23,24)25/h1-16H2,(H,19,20)(H,21,22)(H,23,24,25). The van der Waals surface area contributed by atoms with Crippen LogP contribution in [0.1, 0.15) is 89.9 Å². The van der Waals surface area contributed by atoms with E-state index in [-0.39, 0.29) is 18.2 Å². The third-order valence-corrected chi connectivity index (χ3v) is 5.05. The molecular formula is C18H35NO6S. The van der Waals surface area contributed by atoms with E-state index in [0.717, 1.165) is 38.5 Å². The maximum absolute atomic E-state index is 11.3. The number of hydrogen-bond donors (Lipinski definition) is 3. The highest BCUT2D eigenvalue weighted by Crippen LogP contribution is 2.13. The van der Waals surface area contributed by atoms with Gasteiger partial charge < -0.3 is 10.4 Å². The largest absolute Gasteiger partial charge is 0.480 e. The van der Waals surface area contributed by atoms with E-state index < -0.39 is 16.1 Å². The fourth-order valence-electron chi connectivity index (χ4n) is 2.78. The Morgan fingerprint density at radius 3 is 1.46 bits per heavy atom. The van der Waals surface area contributed by atoms with Crippen LogP contribution in [0.4, 0.5) is 0 Å². The van der Waals surface area contributed by atoms with E-state index in [0.29, 0.717) is 12.8 Å². The summed E-state index contributed by atoms with van der Waals surface area (Å²) in [7, 11) is -3.79. The average molecular weight is 394 g/mol. The van der Waals surface area contributed by atoms with Gasteiger partial charge in [0.2, 0.25) is 5.91 Å². The Hall–Kier alpha value is -1.15. The van der Waals surface area contributed by atoms with Crippen LogP contribution in [0, 0.1) is 0 Å². The quantitative estimate of drug-likeness (QED) is 0.242. The molecule has 0 fully saturated rings. The van der Waals surface area contributed by atoms with E-state index in [1.807, 2.05) is 0 Å². The van der Waals surface area contributed by atoms with Gasteiger partial charge in [-0.05, 0) is 12.8 Å². The summed E-state index contributed by atoms with van der Waals surface area (Å²) in [5.74, 6) is -1.33. The molecule has 7 nitrogen and oxygen atoms in total. The van der Waals surface area contributed by atoms with Gasteiger partial charge in [0.05, 0.1) is 5.75 Å². The van der Waals surface area contributed by atoms with Crippen LogP contribution in [-0.4, -0.2) is 42.3 Å². The van der Waals surface area contributed by atoms with Gasteiger partial charge in [-0.2, -0.15) is 8.42 Å². The van der Waals surface area contributed by atoms with Crippen molar-refractivity contribution in [2.24, 2.45) is 0 Å². The highest BCUT2D eigenvalue weighted by molar-refractivity contribution is 7.85. The lowest BCUT2D eigenvalue weighted by molar-refractivity contribution is -0.137. The Balaban J connectivity index is 3.18. The molecule has 154 valence electrons. The molecule has 3 N–H and O–H groups in total. The predicted molar refractivity (Wildman–Crippen MR) is 102 cm³/mol. The van der Waals surface area contributed by atoms with E-state index in [1.54, 1.807) is 0 Å². The van der Waals surface area contributed by atoms with Gasteiger partial charge in [0.1, 0.15) is 6.54 Å². The molecule has 0 atom stereocenters. The van der Waals surface area contributed by atoms with Crippen LogP contribution in [0.25, 0.3) is 0 Å². The van der Waals surface area contributed by atoms with Gasteiger partial charge in [-0.15, -0.1) is 0 Å². The van der Waals surface area contributed by atoms with Crippen LogP contribution in [0.2, 0.25) is 0 Å². The van der Waals surface area contributed by atoms with Gasteiger partial charge in [-0.25, -0.2) is 0 Å². The molecule has 0 heterocycles. The van der Waals surface area contributed by atoms with Crippen molar-refractivity contribution in [3.05, 3.63) is 0 Å². The van der Waals surface area contributed by atoms with Crippen LogP contribution in [0.5, 0.6) is 0 Å². The maximum atomic E-state index is 11.3. The molecule has 0 aromatic carbocycles. The molecule has 0 saturated heterocycles. The van der Waals surface area contributed by atoms with Crippen LogP contribution in [0.3, 0.4) is 0 Å². The van der Waals surface area contributed by atoms with Crippen molar-refractivity contribution in [3.63, 3.8) is 0 Å². The number of rotatable bonds is 18. The minimum atomic E-state index is -3.79. The first-order chi connectivity index (χ1) is 12.3. The third-order valence-electron chi connectivity index (χ3n) is 4.24. The number of hydrogen-bond acceptors (Lipinski definition) is 4. The Bertz CT molecular complexity index is 478. The molecule has 0 aliphatic heterocycles. The van der Waals surface area contributed by atoms with Gasteiger partial charge in [-0.3, -0.25) is 14.1 Å². The monoisotopic (exact) mass is 393 g/mol. The molecule has 0 aliphatic rings. The van der Waals surface area contributed by atoms with Gasteiger partial charge >= 0.3 is 5.97 Å². The van der Waals surface area contributed by atoms with Gasteiger partial charge in [0.25, 0.3) is 10.1 Å². The van der Waals surface area contributed by atoms with Gasteiger partial charge in [0.15, 0.2) is 0 Å². The second-order valence-electron chi connectivity index (χ2n) is 6.80. The minimum Gasteiger partial charge on any atom is -0.480 e. The van der Waals surface area contributed by atoms with Crippen LogP contribution >= 0.6 is 0 Å². The number of aliphatic carboxylic acids is 1. The van der Waals surface area contributed by atoms with E-state index in [9.17, 15) is 18.0 Å². The summed E-state index contributed by atoms with van der Waals surface area (Å²) in [5, 5.41) is 10.8. The van der Waals surface area contributed by atoms with Crippen molar-refractivity contribution in [2.75, 3.05) is 12.3 Å². The Morgan fingerprint density at radius 2 is 1.08 bits per heavy atom. The Labute approximate surface area is 157 Å². The molecule has 0 aliphatic carbocycles. The van der Waals surface area contributed by atoms with Crippen molar-refractivity contribution in [1.29, 1.82) is 0 Å². The summed E-state index contributed by atoms with van der Waals surface area (Å²) < 4.78 is 29.7. The fourth-order valence-corrected chi connectivity index (χ4v) is 3.35. The average Bonchev–Trinajstić information content (AvgIpc) is 2.55. The smallest absolute Gasteiger partial charge is 0.322 e. The predicted octanol–water partition coefficient (Wildman–Crippen LogP) is 3.54.